The third kappa shape index (κ3) is 1.56. The minimum Gasteiger partial charge on any atom is -0.366 e. The van der Waals surface area contributed by atoms with Crippen LogP contribution in [0.4, 0.5) is 11.4 Å². The Kier molecular flexibility index (Phi) is 2.33. The van der Waals surface area contributed by atoms with Crippen LogP contribution >= 0.6 is 0 Å². The van der Waals surface area contributed by atoms with Crippen molar-refractivity contribution in [3.8, 4) is 0 Å². The molecule has 2 aromatic rings. The molecule has 90 valence electrons. The van der Waals surface area contributed by atoms with Crippen LogP contribution < -0.4 is 10.6 Å². The largest absolute Gasteiger partial charge is 0.366 e. The lowest BCUT2D eigenvalue weighted by molar-refractivity contribution is -0.120. The average molecular weight is 238 g/mol. The molecule has 0 fully saturated rings. The molecule has 1 amide bonds. The van der Waals surface area contributed by atoms with Crippen molar-refractivity contribution >= 4 is 17.3 Å². The van der Waals surface area contributed by atoms with Gasteiger partial charge in [-0.1, -0.05) is 42.5 Å². The van der Waals surface area contributed by atoms with Crippen molar-refractivity contribution in [1.82, 2.24) is 0 Å². The minimum atomic E-state index is -0.727. The van der Waals surface area contributed by atoms with Gasteiger partial charge in [0, 0.05) is 0 Å². The summed E-state index contributed by atoms with van der Waals surface area (Å²) in [6.07, 6.45) is 0. The summed E-state index contributed by atoms with van der Waals surface area (Å²) in [7, 11) is 0. The Labute approximate surface area is 106 Å². The number of hydrogen-bond donors (Lipinski definition) is 2. The third-order valence-corrected chi connectivity index (χ3v) is 3.37. The van der Waals surface area contributed by atoms with Gasteiger partial charge in [0.05, 0.1) is 11.4 Å². The lowest BCUT2D eigenvalue weighted by atomic mass is 9.88. The van der Waals surface area contributed by atoms with E-state index >= 15 is 0 Å². The standard InChI is InChI=1S/C15H14N2O/c1-15(11-7-3-2-4-8-11)14(18)16-12-9-5-6-10-13(12)17-15/h2-10,17H,1H3,(H,16,18). The number of hydrogen-bond acceptors (Lipinski definition) is 2. The van der Waals surface area contributed by atoms with Crippen LogP contribution in [0.2, 0.25) is 0 Å². The maximum atomic E-state index is 12.3. The van der Waals surface area contributed by atoms with Crippen LogP contribution in [0.15, 0.2) is 54.6 Å². The summed E-state index contributed by atoms with van der Waals surface area (Å²) in [6.45, 7) is 1.90. The molecule has 0 aliphatic carbocycles. The maximum Gasteiger partial charge on any atom is 0.254 e. The quantitative estimate of drug-likeness (QED) is 0.802. The van der Waals surface area contributed by atoms with Crippen LogP contribution in [0.25, 0.3) is 0 Å². The van der Waals surface area contributed by atoms with Crippen molar-refractivity contribution in [2.24, 2.45) is 0 Å². The van der Waals surface area contributed by atoms with Gasteiger partial charge in [-0.3, -0.25) is 4.79 Å². The van der Waals surface area contributed by atoms with E-state index in [4.69, 9.17) is 0 Å². The monoisotopic (exact) mass is 238 g/mol. The summed E-state index contributed by atoms with van der Waals surface area (Å²) in [5.74, 6) is -0.0348. The molecule has 1 heterocycles. The number of nitrogens with one attached hydrogen (secondary N) is 2. The number of carbonyl (C=O) groups is 1. The molecule has 1 atom stereocenters. The highest BCUT2D eigenvalue weighted by Gasteiger charge is 2.38. The molecule has 0 aromatic heterocycles. The highest BCUT2D eigenvalue weighted by atomic mass is 16.2. The van der Waals surface area contributed by atoms with E-state index in [-0.39, 0.29) is 5.91 Å². The zero-order valence-corrected chi connectivity index (χ0v) is 10.1. The summed E-state index contributed by atoms with van der Waals surface area (Å²) in [6, 6.07) is 17.5. The van der Waals surface area contributed by atoms with E-state index in [1.165, 1.54) is 0 Å². The summed E-state index contributed by atoms with van der Waals surface area (Å²) in [4.78, 5) is 12.3. The van der Waals surface area contributed by atoms with Gasteiger partial charge in [0.1, 0.15) is 5.54 Å². The number of benzene rings is 2. The summed E-state index contributed by atoms with van der Waals surface area (Å²) in [5, 5.41) is 6.27. The van der Waals surface area contributed by atoms with Gasteiger partial charge < -0.3 is 10.6 Å². The Balaban J connectivity index is 2.07. The molecule has 3 heteroatoms. The van der Waals surface area contributed by atoms with E-state index in [0.29, 0.717) is 0 Å². The Morgan fingerprint density at radius 1 is 0.889 bits per heavy atom. The molecule has 1 aliphatic heterocycles. The third-order valence-electron chi connectivity index (χ3n) is 3.37. The zero-order chi connectivity index (χ0) is 12.6. The lowest BCUT2D eigenvalue weighted by Crippen LogP contribution is -2.47. The normalized spacial score (nSPS) is 21.7. The molecule has 0 saturated carbocycles. The minimum absolute atomic E-state index is 0.0348. The molecule has 2 aromatic carbocycles. The SMILES string of the molecule is CC1(c2ccccc2)Nc2ccccc2NC1=O. The number of anilines is 2. The van der Waals surface area contributed by atoms with E-state index < -0.39 is 5.54 Å². The Hall–Kier alpha value is -2.29. The molecule has 2 N–H and O–H groups in total. The summed E-state index contributed by atoms with van der Waals surface area (Å²) in [5.41, 5.74) is 2.01. The number of para-hydroxylation sites is 2. The molecule has 0 spiro atoms. The lowest BCUT2D eigenvalue weighted by Gasteiger charge is -2.36. The first-order chi connectivity index (χ1) is 8.70. The molecule has 3 rings (SSSR count). The Morgan fingerprint density at radius 2 is 1.50 bits per heavy atom. The molecular weight excluding hydrogens is 224 g/mol. The molecular formula is C15H14N2O. The van der Waals surface area contributed by atoms with Crippen molar-refractivity contribution in [1.29, 1.82) is 0 Å². The first kappa shape index (κ1) is 10.8. The smallest absolute Gasteiger partial charge is 0.254 e. The predicted octanol–water partition coefficient (Wildman–Crippen LogP) is 2.97. The van der Waals surface area contributed by atoms with Gasteiger partial charge in [-0.2, -0.15) is 0 Å². The fraction of sp³-hybridized carbons (Fsp3) is 0.133. The molecule has 0 bridgehead atoms. The van der Waals surface area contributed by atoms with Gasteiger partial charge in [0.25, 0.3) is 5.91 Å². The molecule has 1 unspecified atom stereocenters. The van der Waals surface area contributed by atoms with Crippen molar-refractivity contribution in [2.45, 2.75) is 12.5 Å². The molecule has 0 radical (unpaired) electrons. The molecule has 0 saturated heterocycles. The average Bonchev–Trinajstić information content (AvgIpc) is 2.41. The fourth-order valence-electron chi connectivity index (χ4n) is 2.25. The van der Waals surface area contributed by atoms with Gasteiger partial charge in [-0.25, -0.2) is 0 Å². The molecule has 18 heavy (non-hydrogen) atoms. The first-order valence-electron chi connectivity index (χ1n) is 5.94. The highest BCUT2D eigenvalue weighted by Crippen LogP contribution is 2.35. The Bertz CT molecular complexity index is 594. The topological polar surface area (TPSA) is 41.1 Å². The van der Waals surface area contributed by atoms with Crippen LogP contribution in [-0.4, -0.2) is 5.91 Å². The number of fused-ring (bicyclic) bond motifs is 1. The summed E-state index contributed by atoms with van der Waals surface area (Å²) >= 11 is 0. The van der Waals surface area contributed by atoms with E-state index in [9.17, 15) is 4.79 Å². The van der Waals surface area contributed by atoms with Gasteiger partial charge in [-0.05, 0) is 24.6 Å². The van der Waals surface area contributed by atoms with Crippen molar-refractivity contribution < 1.29 is 4.79 Å². The van der Waals surface area contributed by atoms with Gasteiger partial charge >= 0.3 is 0 Å². The van der Waals surface area contributed by atoms with E-state index in [1.807, 2.05) is 61.5 Å². The first-order valence-corrected chi connectivity index (χ1v) is 5.94. The van der Waals surface area contributed by atoms with E-state index in [2.05, 4.69) is 10.6 Å². The Morgan fingerprint density at radius 3 is 2.22 bits per heavy atom. The maximum absolute atomic E-state index is 12.3. The second kappa shape index (κ2) is 3.88. The van der Waals surface area contributed by atoms with Gasteiger partial charge in [0.15, 0.2) is 0 Å². The van der Waals surface area contributed by atoms with Gasteiger partial charge in [-0.15, -0.1) is 0 Å². The second-order valence-electron chi connectivity index (χ2n) is 4.62. The molecule has 3 nitrogen and oxygen atoms in total. The van der Waals surface area contributed by atoms with Gasteiger partial charge in [0.2, 0.25) is 0 Å². The second-order valence-corrected chi connectivity index (χ2v) is 4.62. The number of rotatable bonds is 1. The van der Waals surface area contributed by atoms with E-state index in [1.54, 1.807) is 0 Å². The fourth-order valence-corrected chi connectivity index (χ4v) is 2.25. The van der Waals surface area contributed by atoms with Crippen LogP contribution in [0.3, 0.4) is 0 Å². The molecule has 1 aliphatic rings. The van der Waals surface area contributed by atoms with Crippen molar-refractivity contribution in [3.63, 3.8) is 0 Å². The number of carbonyl (C=O) groups excluding carboxylic acids is 1. The van der Waals surface area contributed by atoms with E-state index in [0.717, 1.165) is 16.9 Å². The number of amides is 1. The predicted molar refractivity (Wildman–Crippen MR) is 72.5 cm³/mol. The summed E-state index contributed by atoms with van der Waals surface area (Å²) < 4.78 is 0. The van der Waals surface area contributed by atoms with Crippen LogP contribution in [0.5, 0.6) is 0 Å². The zero-order valence-electron chi connectivity index (χ0n) is 10.1. The van der Waals surface area contributed by atoms with Crippen molar-refractivity contribution in [2.75, 3.05) is 10.6 Å². The van der Waals surface area contributed by atoms with Crippen LogP contribution in [-0.2, 0) is 10.3 Å². The van der Waals surface area contributed by atoms with Crippen LogP contribution in [0.1, 0.15) is 12.5 Å². The van der Waals surface area contributed by atoms with Crippen molar-refractivity contribution in [3.05, 3.63) is 60.2 Å². The highest BCUT2D eigenvalue weighted by molar-refractivity contribution is 6.06. The van der Waals surface area contributed by atoms with Crippen LogP contribution in [0, 0.1) is 0 Å².